The van der Waals surface area contributed by atoms with Gasteiger partial charge in [0.2, 0.25) is 0 Å². The molecule has 0 amide bonds. The van der Waals surface area contributed by atoms with Crippen molar-refractivity contribution in [3.05, 3.63) is 56.4 Å². The highest BCUT2D eigenvalue weighted by Gasteiger charge is 2.27. The average Bonchev–Trinajstić information content (AvgIpc) is 2.69. The van der Waals surface area contributed by atoms with Crippen molar-refractivity contribution >= 4 is 55.2 Å². The molecule has 33 heavy (non-hydrogen) atoms. The Morgan fingerprint density at radius 2 is 1.91 bits per heavy atom. The second-order valence-corrected chi connectivity index (χ2v) is 12.3. The number of hydrogen-bond acceptors (Lipinski definition) is 5. The van der Waals surface area contributed by atoms with Gasteiger partial charge in [0, 0.05) is 9.13 Å². The summed E-state index contributed by atoms with van der Waals surface area (Å²) in [4.78, 5) is 16.9. The van der Waals surface area contributed by atoms with Crippen molar-refractivity contribution in [2.75, 3.05) is 11.9 Å². The van der Waals surface area contributed by atoms with Crippen LogP contribution >= 0.6 is 22.6 Å². The number of carboxylic acids is 1. The minimum Gasteiger partial charge on any atom is -0.478 e. The van der Waals surface area contributed by atoms with Gasteiger partial charge < -0.3 is 19.7 Å². The summed E-state index contributed by atoms with van der Waals surface area (Å²) >= 11 is 1.89. The van der Waals surface area contributed by atoms with Gasteiger partial charge in [-0.25, -0.2) is 18.0 Å². The molecular weight excluding hydrogens is 568 g/mol. The second-order valence-electron chi connectivity index (χ2n) is 8.64. The molecule has 0 fully saturated rings. The summed E-state index contributed by atoms with van der Waals surface area (Å²) in [7, 11) is -1.36. The molecule has 1 unspecified atom stereocenters. The van der Waals surface area contributed by atoms with Gasteiger partial charge in [-0.3, -0.25) is 0 Å². The van der Waals surface area contributed by atoms with Crippen LogP contribution in [0.5, 0.6) is 0 Å². The molecule has 0 saturated carbocycles. The molecule has 6 nitrogen and oxygen atoms in total. The first-order valence-corrected chi connectivity index (χ1v) is 13.9. The molecule has 2 aromatic rings. The molecule has 0 aromatic heterocycles. The predicted octanol–water partition coefficient (Wildman–Crippen LogP) is 5.92. The topological polar surface area (TPSA) is 80.2 Å². The number of anilines is 2. The van der Waals surface area contributed by atoms with Gasteiger partial charge >= 0.3 is 5.97 Å². The van der Waals surface area contributed by atoms with Gasteiger partial charge in [0.1, 0.15) is 12.4 Å². The molecule has 0 aliphatic heterocycles. The van der Waals surface area contributed by atoms with Crippen molar-refractivity contribution in [1.82, 2.24) is 0 Å². The van der Waals surface area contributed by atoms with Crippen molar-refractivity contribution in [2.24, 2.45) is 10.6 Å². The molecular formula is C22H26F3IN2O4Si. The van der Waals surface area contributed by atoms with Crippen molar-refractivity contribution in [2.45, 2.75) is 40.0 Å². The lowest BCUT2D eigenvalue weighted by Crippen LogP contribution is -2.36. The van der Waals surface area contributed by atoms with E-state index in [2.05, 4.69) is 10.5 Å². The van der Waals surface area contributed by atoms with E-state index in [1.165, 1.54) is 18.2 Å². The predicted molar refractivity (Wildman–Crippen MR) is 132 cm³/mol. The molecule has 0 heterocycles. The Labute approximate surface area is 206 Å². The average molecular weight is 594 g/mol. The van der Waals surface area contributed by atoms with Crippen LogP contribution in [0, 0.1) is 26.4 Å². The van der Waals surface area contributed by atoms with Crippen LogP contribution in [0.3, 0.4) is 0 Å². The molecule has 2 N–H and O–H groups in total. The highest BCUT2D eigenvalue weighted by atomic mass is 127. The van der Waals surface area contributed by atoms with E-state index in [1.807, 2.05) is 56.5 Å². The number of halogens is 4. The van der Waals surface area contributed by atoms with E-state index in [1.54, 1.807) is 0 Å². The van der Waals surface area contributed by atoms with E-state index in [0.29, 0.717) is 3.57 Å². The maximum Gasteiger partial charge on any atom is 0.337 e. The molecule has 2 rings (SSSR count). The number of hydrogen-bond donors (Lipinski definition) is 2. The van der Waals surface area contributed by atoms with Crippen molar-refractivity contribution in [3.8, 4) is 0 Å². The Hall–Kier alpha value is -2.12. The molecule has 2 aromatic carbocycles. The molecule has 1 atom stereocenters. The fraction of sp³-hybridized carbons (Fsp3) is 0.364. The molecule has 0 aliphatic carbocycles. The van der Waals surface area contributed by atoms with Gasteiger partial charge in [-0.05, 0) is 65.4 Å². The summed E-state index contributed by atoms with van der Waals surface area (Å²) in [6.45, 7) is 10.1. The van der Waals surface area contributed by atoms with E-state index in [0.717, 1.165) is 12.3 Å². The van der Waals surface area contributed by atoms with E-state index in [4.69, 9.17) is 9.26 Å². The first kappa shape index (κ1) is 27.1. The zero-order valence-corrected chi connectivity index (χ0v) is 22.2. The lowest BCUT2D eigenvalue weighted by Gasteiger charge is -2.31. The third-order valence-electron chi connectivity index (χ3n) is 4.55. The number of carbonyl (C=O) groups is 1. The summed E-state index contributed by atoms with van der Waals surface area (Å²) in [6, 6.07) is 4.91. The smallest absolute Gasteiger partial charge is 0.337 e. The van der Waals surface area contributed by atoms with Crippen molar-refractivity contribution in [3.63, 3.8) is 0 Å². The number of rotatable bonds is 9. The third kappa shape index (κ3) is 7.44. The number of nitrogens with zero attached hydrogens (tertiary/aromatic N) is 1. The zero-order chi connectivity index (χ0) is 24.9. The van der Waals surface area contributed by atoms with Gasteiger partial charge in [-0.1, -0.05) is 25.9 Å². The number of nitrogens with one attached hydrogen (secondary N) is 1. The van der Waals surface area contributed by atoms with Crippen LogP contribution in [0.1, 0.15) is 36.7 Å². The van der Waals surface area contributed by atoms with Gasteiger partial charge in [0.25, 0.3) is 0 Å². The van der Waals surface area contributed by atoms with Crippen LogP contribution in [0.2, 0.25) is 13.1 Å². The maximum absolute atomic E-state index is 14.8. The number of aromatic carboxylic acids is 1. The number of oxime groups is 1. The van der Waals surface area contributed by atoms with E-state index < -0.39 is 49.3 Å². The summed E-state index contributed by atoms with van der Waals surface area (Å²) in [5, 5.41) is 15.5. The van der Waals surface area contributed by atoms with Crippen LogP contribution in [0.15, 0.2) is 29.4 Å². The molecule has 0 radical (unpaired) electrons. The summed E-state index contributed by atoms with van der Waals surface area (Å²) in [5.41, 5.74) is -2.12. The molecule has 11 heteroatoms. The molecule has 0 saturated heterocycles. The Morgan fingerprint density at radius 1 is 1.24 bits per heavy atom. The Bertz CT molecular complexity index is 1050. The van der Waals surface area contributed by atoms with Gasteiger partial charge in [-0.15, -0.1) is 0 Å². The molecule has 0 bridgehead atoms. The Kier molecular flexibility index (Phi) is 9.32. The zero-order valence-electron chi connectivity index (χ0n) is 18.9. The fourth-order valence-corrected chi connectivity index (χ4v) is 4.38. The van der Waals surface area contributed by atoms with Crippen LogP contribution in [0.25, 0.3) is 0 Å². The molecule has 0 aliphatic rings. The SMILES string of the molecule is C[SiH](C)OC(CON=Cc1cc(C(=O)O)c(Nc2ccc(I)cc2F)c(F)c1F)C(C)(C)C. The fourth-order valence-electron chi connectivity index (χ4n) is 2.78. The van der Waals surface area contributed by atoms with Crippen LogP contribution in [0.4, 0.5) is 24.5 Å². The molecule has 0 spiro atoms. The summed E-state index contributed by atoms with van der Waals surface area (Å²) < 4.78 is 50.1. The monoisotopic (exact) mass is 594 g/mol. The normalized spacial score (nSPS) is 12.9. The van der Waals surface area contributed by atoms with E-state index in [9.17, 15) is 23.1 Å². The minimum absolute atomic E-state index is 0.0901. The van der Waals surface area contributed by atoms with Gasteiger partial charge in [0.05, 0.1) is 29.3 Å². The van der Waals surface area contributed by atoms with Crippen molar-refractivity contribution in [1.29, 1.82) is 0 Å². The Morgan fingerprint density at radius 3 is 2.45 bits per heavy atom. The summed E-state index contributed by atoms with van der Waals surface area (Å²) in [6.07, 6.45) is 0.639. The lowest BCUT2D eigenvalue weighted by molar-refractivity contribution is -0.00346. The van der Waals surface area contributed by atoms with Gasteiger partial charge in [-0.2, -0.15) is 0 Å². The van der Waals surface area contributed by atoms with Gasteiger partial charge in [0.15, 0.2) is 20.7 Å². The highest BCUT2D eigenvalue weighted by Crippen LogP contribution is 2.30. The number of benzene rings is 2. The van der Waals surface area contributed by atoms with Crippen molar-refractivity contribution < 1.29 is 32.3 Å². The maximum atomic E-state index is 14.8. The quantitative estimate of drug-likeness (QED) is 0.163. The summed E-state index contributed by atoms with van der Waals surface area (Å²) in [5.74, 6) is -5.09. The second kappa shape index (κ2) is 11.3. The van der Waals surface area contributed by atoms with Crippen LogP contribution in [-0.4, -0.2) is 39.0 Å². The minimum atomic E-state index is -1.53. The first-order chi connectivity index (χ1) is 15.3. The number of carboxylic acid groups (broad SMARTS) is 1. The van der Waals surface area contributed by atoms with E-state index in [-0.39, 0.29) is 23.8 Å². The largest absolute Gasteiger partial charge is 0.478 e. The highest BCUT2D eigenvalue weighted by molar-refractivity contribution is 14.1. The Balaban J connectivity index is 2.29. The standard InChI is InChI=1S/C22H26F3IN2O4Si/c1-22(2,3)17(32-33(4)5)11-31-27-10-12-8-14(21(29)30)20(19(25)18(12)24)28-16-7-6-13(26)9-15(16)23/h6-10,17,28,33H,11H2,1-5H3,(H,29,30). The third-order valence-corrected chi connectivity index (χ3v) is 6.09. The molecule has 180 valence electrons. The van der Waals surface area contributed by atoms with Crippen LogP contribution in [-0.2, 0) is 9.26 Å². The first-order valence-electron chi connectivity index (χ1n) is 10.1. The van der Waals surface area contributed by atoms with E-state index >= 15 is 0 Å². The lowest BCUT2D eigenvalue weighted by atomic mass is 9.90. The van der Waals surface area contributed by atoms with Crippen LogP contribution < -0.4 is 5.32 Å².